The van der Waals surface area contributed by atoms with E-state index in [9.17, 15) is 12.8 Å². The van der Waals surface area contributed by atoms with Crippen LogP contribution in [-0.4, -0.2) is 25.4 Å². The average molecular weight is 304 g/mol. The van der Waals surface area contributed by atoms with Gasteiger partial charge in [0.1, 0.15) is 0 Å². The van der Waals surface area contributed by atoms with Crippen molar-refractivity contribution in [2.45, 2.75) is 42.8 Å². The van der Waals surface area contributed by atoms with Crippen molar-refractivity contribution in [1.29, 1.82) is 0 Å². The van der Waals surface area contributed by atoms with E-state index in [4.69, 9.17) is 0 Å². The number of rotatable bonds is 6. The maximum atomic E-state index is 14.4. The Hall–Kier alpha value is -0.550. The van der Waals surface area contributed by atoms with Crippen LogP contribution in [-0.2, 0) is 9.84 Å². The fraction of sp³-hybridized carbons (Fsp3) is 0.571. The molecule has 0 saturated heterocycles. The number of halogens is 1. The average Bonchev–Trinajstić information content (AvgIpc) is 2.35. The van der Waals surface area contributed by atoms with Crippen LogP contribution in [0.4, 0.5) is 4.39 Å². The van der Waals surface area contributed by atoms with Crippen LogP contribution >= 0.6 is 11.8 Å². The third kappa shape index (κ3) is 4.21. The molecule has 1 aromatic rings. The molecule has 19 heavy (non-hydrogen) atoms. The van der Waals surface area contributed by atoms with Crippen molar-refractivity contribution in [3.05, 3.63) is 29.8 Å². The molecular weight excluding hydrogens is 283 g/mol. The fourth-order valence-corrected chi connectivity index (χ4v) is 4.68. The van der Waals surface area contributed by atoms with Crippen LogP contribution in [0, 0.1) is 12.8 Å². The third-order valence-corrected chi connectivity index (χ3v) is 6.00. The van der Waals surface area contributed by atoms with Crippen LogP contribution in [0.2, 0.25) is 0 Å². The second-order valence-electron chi connectivity index (χ2n) is 5.11. The summed E-state index contributed by atoms with van der Waals surface area (Å²) in [6.07, 6.45) is 2.30. The lowest BCUT2D eigenvalue weighted by atomic mass is 10.1. The second-order valence-corrected chi connectivity index (χ2v) is 8.20. The van der Waals surface area contributed by atoms with Gasteiger partial charge in [-0.15, -0.1) is 0 Å². The molecule has 0 saturated carbocycles. The summed E-state index contributed by atoms with van der Waals surface area (Å²) in [4.78, 5) is 0.0633. The fourth-order valence-electron chi connectivity index (χ4n) is 1.83. The van der Waals surface area contributed by atoms with Crippen LogP contribution in [0.5, 0.6) is 0 Å². The maximum Gasteiger partial charge on any atom is 0.217 e. The number of alkyl halides is 1. The van der Waals surface area contributed by atoms with Crippen molar-refractivity contribution < 1.29 is 12.8 Å². The number of aryl methyl sites for hydroxylation is 1. The summed E-state index contributed by atoms with van der Waals surface area (Å²) in [6, 6.07) is 6.33. The van der Waals surface area contributed by atoms with Crippen molar-refractivity contribution in [2.24, 2.45) is 5.92 Å². The maximum absolute atomic E-state index is 14.4. The third-order valence-electron chi connectivity index (χ3n) is 2.94. The van der Waals surface area contributed by atoms with Gasteiger partial charge in [-0.25, -0.2) is 12.8 Å². The molecule has 0 radical (unpaired) electrons. The molecule has 0 bridgehead atoms. The minimum Gasteiger partial charge on any atom is -0.228 e. The quantitative estimate of drug-likeness (QED) is 0.800. The number of hydrogen-bond acceptors (Lipinski definition) is 3. The molecule has 0 aromatic heterocycles. The lowest BCUT2D eigenvalue weighted by Gasteiger charge is -2.21. The van der Waals surface area contributed by atoms with Crippen LogP contribution in [0.25, 0.3) is 0 Å². The predicted molar refractivity (Wildman–Crippen MR) is 80.0 cm³/mol. The standard InChI is InChI=1S/C14H21FO2S2/c1-10(2)9-13(18-4)14(15)19(16,17)12-7-5-11(3)6-8-12/h5-8,10,13-14H,9H2,1-4H3. The van der Waals surface area contributed by atoms with E-state index in [1.807, 2.05) is 20.8 Å². The molecule has 2 nitrogen and oxygen atoms in total. The molecule has 0 N–H and O–H groups in total. The highest BCUT2D eigenvalue weighted by molar-refractivity contribution is 8.00. The first-order chi connectivity index (χ1) is 8.78. The monoisotopic (exact) mass is 304 g/mol. The van der Waals surface area contributed by atoms with E-state index in [0.29, 0.717) is 6.42 Å². The van der Waals surface area contributed by atoms with Crippen molar-refractivity contribution in [3.63, 3.8) is 0 Å². The highest BCUT2D eigenvalue weighted by atomic mass is 32.2. The second kappa shape index (κ2) is 6.75. The smallest absolute Gasteiger partial charge is 0.217 e. The molecule has 0 fully saturated rings. The highest BCUT2D eigenvalue weighted by Crippen LogP contribution is 2.29. The summed E-state index contributed by atoms with van der Waals surface area (Å²) in [7, 11) is -3.90. The molecule has 5 heteroatoms. The van der Waals surface area contributed by atoms with Gasteiger partial charge in [-0.05, 0) is 37.7 Å². The summed E-state index contributed by atoms with van der Waals surface area (Å²) in [5.74, 6) is 0.268. The van der Waals surface area contributed by atoms with E-state index < -0.39 is 20.6 Å². The van der Waals surface area contributed by atoms with Crippen molar-refractivity contribution >= 4 is 21.6 Å². The zero-order valence-electron chi connectivity index (χ0n) is 11.8. The Kier molecular flexibility index (Phi) is 5.86. The van der Waals surface area contributed by atoms with E-state index >= 15 is 0 Å². The Bertz CT molecular complexity index is 495. The SMILES string of the molecule is CSC(CC(C)C)C(F)S(=O)(=O)c1ccc(C)cc1. The number of hydrogen-bond donors (Lipinski definition) is 0. The van der Waals surface area contributed by atoms with Gasteiger partial charge < -0.3 is 0 Å². The molecule has 0 spiro atoms. The van der Waals surface area contributed by atoms with E-state index in [2.05, 4.69) is 0 Å². The van der Waals surface area contributed by atoms with Gasteiger partial charge in [0.05, 0.1) is 10.1 Å². The molecule has 1 rings (SSSR count). The predicted octanol–water partition coefficient (Wildman–Crippen LogP) is 3.84. The van der Waals surface area contributed by atoms with Gasteiger partial charge in [0.15, 0.2) is 0 Å². The number of benzene rings is 1. The summed E-state index contributed by atoms with van der Waals surface area (Å²) in [6.45, 7) is 5.80. The lowest BCUT2D eigenvalue weighted by molar-refractivity contribution is 0.381. The first kappa shape index (κ1) is 16.5. The van der Waals surface area contributed by atoms with Crippen LogP contribution in [0.3, 0.4) is 0 Å². The van der Waals surface area contributed by atoms with Gasteiger partial charge in [-0.1, -0.05) is 31.5 Å². The van der Waals surface area contributed by atoms with E-state index in [1.54, 1.807) is 18.4 Å². The first-order valence-corrected chi connectivity index (χ1v) is 9.10. The summed E-state index contributed by atoms with van der Waals surface area (Å²) in [5.41, 5.74) is -0.898. The Morgan fingerprint density at radius 2 is 1.74 bits per heavy atom. The van der Waals surface area contributed by atoms with Gasteiger partial charge in [0, 0.05) is 0 Å². The zero-order chi connectivity index (χ0) is 14.6. The minimum absolute atomic E-state index is 0.0633. The van der Waals surface area contributed by atoms with Gasteiger partial charge in [-0.2, -0.15) is 11.8 Å². The van der Waals surface area contributed by atoms with Gasteiger partial charge in [0.2, 0.25) is 15.3 Å². The van der Waals surface area contributed by atoms with Crippen LogP contribution in [0.1, 0.15) is 25.8 Å². The Morgan fingerprint density at radius 3 is 2.16 bits per heavy atom. The molecule has 0 heterocycles. The molecule has 2 atom stereocenters. The number of sulfone groups is 1. The molecule has 108 valence electrons. The van der Waals surface area contributed by atoms with E-state index in [-0.39, 0.29) is 10.8 Å². The minimum atomic E-state index is -3.90. The Balaban J connectivity index is 3.01. The molecule has 0 aliphatic rings. The Labute approximate surface area is 119 Å². The van der Waals surface area contributed by atoms with E-state index in [1.165, 1.54) is 23.9 Å². The van der Waals surface area contributed by atoms with Crippen molar-refractivity contribution in [2.75, 3.05) is 6.26 Å². The van der Waals surface area contributed by atoms with Gasteiger partial charge in [-0.3, -0.25) is 0 Å². The number of thioether (sulfide) groups is 1. The summed E-state index contributed by atoms with van der Waals surface area (Å²) < 4.78 is 38.9. The molecule has 1 aromatic carbocycles. The molecule has 0 aliphatic heterocycles. The van der Waals surface area contributed by atoms with Gasteiger partial charge in [0.25, 0.3) is 0 Å². The first-order valence-electron chi connectivity index (χ1n) is 6.26. The molecule has 0 amide bonds. The Morgan fingerprint density at radius 1 is 1.21 bits per heavy atom. The lowest BCUT2D eigenvalue weighted by Crippen LogP contribution is -2.29. The molecule has 0 aliphatic carbocycles. The zero-order valence-corrected chi connectivity index (χ0v) is 13.4. The molecule has 2 unspecified atom stereocenters. The summed E-state index contributed by atoms with van der Waals surface area (Å²) >= 11 is 1.28. The van der Waals surface area contributed by atoms with Crippen LogP contribution in [0.15, 0.2) is 29.2 Å². The van der Waals surface area contributed by atoms with Crippen LogP contribution < -0.4 is 0 Å². The highest BCUT2D eigenvalue weighted by Gasteiger charge is 2.34. The van der Waals surface area contributed by atoms with Crippen molar-refractivity contribution in [3.8, 4) is 0 Å². The normalized spacial score (nSPS) is 15.5. The largest absolute Gasteiger partial charge is 0.228 e. The van der Waals surface area contributed by atoms with Crippen molar-refractivity contribution in [1.82, 2.24) is 0 Å². The van der Waals surface area contributed by atoms with E-state index in [0.717, 1.165) is 5.56 Å². The molecular formula is C14H21FO2S2. The topological polar surface area (TPSA) is 34.1 Å². The van der Waals surface area contributed by atoms with Gasteiger partial charge >= 0.3 is 0 Å². The summed E-state index contributed by atoms with van der Waals surface area (Å²) in [5, 5.41) is -0.522.